The summed E-state index contributed by atoms with van der Waals surface area (Å²) < 4.78 is 11.1. The van der Waals surface area contributed by atoms with Crippen molar-refractivity contribution in [3.63, 3.8) is 0 Å². The Labute approximate surface area is 140 Å². The number of para-hydroxylation sites is 1. The van der Waals surface area contributed by atoms with Gasteiger partial charge in [0.2, 0.25) is 0 Å². The molecule has 0 fully saturated rings. The van der Waals surface area contributed by atoms with Crippen molar-refractivity contribution < 1.29 is 13.9 Å². The van der Waals surface area contributed by atoms with Crippen LogP contribution in [0.3, 0.4) is 0 Å². The monoisotopic (exact) mass is 325 g/mol. The Bertz CT molecular complexity index is 854. The third-order valence-corrected chi connectivity index (χ3v) is 3.64. The number of pyridine rings is 1. The molecule has 2 heterocycles. The molecule has 0 unspecified atom stereocenters. The second-order valence-corrected chi connectivity index (χ2v) is 5.58. The van der Waals surface area contributed by atoms with Gasteiger partial charge >= 0.3 is 0 Å². The number of benzene rings is 1. The Morgan fingerprint density at radius 3 is 2.79 bits per heavy atom. The number of hydrogen-bond donors (Lipinski definition) is 1. The van der Waals surface area contributed by atoms with Crippen molar-refractivity contribution in [3.8, 4) is 5.75 Å². The summed E-state index contributed by atoms with van der Waals surface area (Å²) in [4.78, 5) is 17.6. The van der Waals surface area contributed by atoms with E-state index in [0.717, 1.165) is 16.7 Å². The molecule has 124 valence electrons. The molecule has 0 bridgehead atoms. The first-order chi connectivity index (χ1) is 11.6. The molecular formula is C18H19N3O3. The van der Waals surface area contributed by atoms with E-state index in [4.69, 9.17) is 9.15 Å². The summed E-state index contributed by atoms with van der Waals surface area (Å²) >= 11 is 0. The van der Waals surface area contributed by atoms with Crippen molar-refractivity contribution in [1.29, 1.82) is 0 Å². The first kappa shape index (κ1) is 15.9. The van der Waals surface area contributed by atoms with Crippen molar-refractivity contribution in [3.05, 3.63) is 53.9 Å². The summed E-state index contributed by atoms with van der Waals surface area (Å²) in [6.07, 6.45) is 1.56. The quantitative estimate of drug-likeness (QED) is 0.780. The molecule has 6 nitrogen and oxygen atoms in total. The fraction of sp³-hybridized carbons (Fsp3) is 0.222. The molecule has 0 saturated heterocycles. The van der Waals surface area contributed by atoms with E-state index >= 15 is 0 Å². The summed E-state index contributed by atoms with van der Waals surface area (Å²) in [5.41, 5.74) is 1.29. The van der Waals surface area contributed by atoms with Gasteiger partial charge in [-0.15, -0.1) is 0 Å². The number of carbonyl (C=O) groups is 1. The van der Waals surface area contributed by atoms with Crippen molar-refractivity contribution in [2.75, 3.05) is 26.5 Å². The molecule has 0 aliphatic carbocycles. The minimum absolute atomic E-state index is 0.0709. The van der Waals surface area contributed by atoms with Crippen LogP contribution < -0.4 is 10.1 Å². The number of nitrogens with zero attached hydrogens (tertiary/aromatic N) is 2. The first-order valence-electron chi connectivity index (χ1n) is 7.55. The van der Waals surface area contributed by atoms with Gasteiger partial charge in [0.15, 0.2) is 11.3 Å². The average molecular weight is 325 g/mol. The molecule has 0 atom stereocenters. The van der Waals surface area contributed by atoms with Crippen LogP contribution in [-0.2, 0) is 6.54 Å². The van der Waals surface area contributed by atoms with E-state index in [2.05, 4.69) is 10.3 Å². The lowest BCUT2D eigenvalue weighted by Gasteiger charge is -2.10. The van der Waals surface area contributed by atoms with Gasteiger partial charge in [0.1, 0.15) is 11.6 Å². The molecule has 0 spiro atoms. The summed E-state index contributed by atoms with van der Waals surface area (Å²) in [5, 5.41) is 4.18. The fourth-order valence-corrected chi connectivity index (χ4v) is 2.40. The molecule has 0 radical (unpaired) electrons. The molecule has 0 aliphatic heterocycles. The van der Waals surface area contributed by atoms with Crippen LogP contribution in [0.2, 0.25) is 0 Å². The van der Waals surface area contributed by atoms with Gasteiger partial charge in [0.25, 0.3) is 5.91 Å². The van der Waals surface area contributed by atoms with Gasteiger partial charge in [-0.25, -0.2) is 4.98 Å². The van der Waals surface area contributed by atoms with Gasteiger partial charge in [-0.3, -0.25) is 4.79 Å². The van der Waals surface area contributed by atoms with Crippen LogP contribution in [0.15, 0.2) is 47.0 Å². The molecule has 3 aromatic rings. The number of furan rings is 1. The summed E-state index contributed by atoms with van der Waals surface area (Å²) in [6, 6.07) is 11.3. The Hall–Kier alpha value is -3.02. The number of methoxy groups -OCH3 is 1. The Morgan fingerprint density at radius 1 is 1.29 bits per heavy atom. The SMILES string of the molecule is COc1cccc2cc(CNc3ccc(C(=O)N(C)C)cn3)oc12. The normalized spacial score (nSPS) is 10.6. The summed E-state index contributed by atoms with van der Waals surface area (Å²) in [5.74, 6) is 2.10. The standard InChI is InChI=1S/C18H19N3O3/c1-21(2)18(22)13-7-8-16(19-10-13)20-11-14-9-12-5-4-6-15(23-3)17(12)24-14/h4-10H,11H2,1-3H3,(H,19,20). The molecule has 1 N–H and O–H groups in total. The van der Waals surface area contributed by atoms with Crippen molar-refractivity contribution >= 4 is 22.7 Å². The Kier molecular flexibility index (Phi) is 4.37. The zero-order valence-electron chi connectivity index (χ0n) is 13.9. The van der Waals surface area contributed by atoms with E-state index in [1.165, 1.54) is 4.90 Å². The predicted octanol–water partition coefficient (Wildman–Crippen LogP) is 3.15. The fourth-order valence-electron chi connectivity index (χ4n) is 2.40. The summed E-state index contributed by atoms with van der Waals surface area (Å²) in [7, 11) is 5.05. The Balaban J connectivity index is 1.71. The van der Waals surface area contributed by atoms with E-state index in [0.29, 0.717) is 23.7 Å². The molecule has 3 rings (SSSR count). The van der Waals surface area contributed by atoms with Crippen LogP contribution >= 0.6 is 0 Å². The number of aromatic nitrogens is 1. The number of hydrogen-bond acceptors (Lipinski definition) is 5. The minimum atomic E-state index is -0.0709. The zero-order valence-corrected chi connectivity index (χ0v) is 13.9. The molecule has 0 saturated carbocycles. The highest BCUT2D eigenvalue weighted by Crippen LogP contribution is 2.28. The molecule has 2 aromatic heterocycles. The highest BCUT2D eigenvalue weighted by molar-refractivity contribution is 5.93. The molecule has 0 aliphatic rings. The van der Waals surface area contributed by atoms with E-state index < -0.39 is 0 Å². The number of amides is 1. The van der Waals surface area contributed by atoms with Gasteiger partial charge in [0.05, 0.1) is 19.2 Å². The van der Waals surface area contributed by atoms with E-state index in [-0.39, 0.29) is 5.91 Å². The highest BCUT2D eigenvalue weighted by Gasteiger charge is 2.10. The van der Waals surface area contributed by atoms with E-state index in [1.807, 2.05) is 24.3 Å². The van der Waals surface area contributed by atoms with Crippen LogP contribution in [0.5, 0.6) is 5.75 Å². The maximum Gasteiger partial charge on any atom is 0.254 e. The molecule has 6 heteroatoms. The van der Waals surface area contributed by atoms with Gasteiger partial charge < -0.3 is 19.4 Å². The van der Waals surface area contributed by atoms with Crippen LogP contribution in [0.1, 0.15) is 16.1 Å². The van der Waals surface area contributed by atoms with Gasteiger partial charge in [-0.1, -0.05) is 12.1 Å². The minimum Gasteiger partial charge on any atom is -0.493 e. The van der Waals surface area contributed by atoms with Crippen molar-refractivity contribution in [2.24, 2.45) is 0 Å². The van der Waals surface area contributed by atoms with Crippen LogP contribution in [-0.4, -0.2) is 37.0 Å². The lowest BCUT2D eigenvalue weighted by Crippen LogP contribution is -2.21. The smallest absolute Gasteiger partial charge is 0.254 e. The number of anilines is 1. The Morgan fingerprint density at radius 2 is 2.12 bits per heavy atom. The number of rotatable bonds is 5. The van der Waals surface area contributed by atoms with E-state index in [9.17, 15) is 4.79 Å². The molecule has 1 aromatic carbocycles. The second-order valence-electron chi connectivity index (χ2n) is 5.58. The molecular weight excluding hydrogens is 306 g/mol. The number of fused-ring (bicyclic) bond motifs is 1. The topological polar surface area (TPSA) is 67.6 Å². The largest absolute Gasteiger partial charge is 0.493 e. The van der Waals surface area contributed by atoms with Gasteiger partial charge in [-0.05, 0) is 24.3 Å². The number of nitrogens with one attached hydrogen (secondary N) is 1. The van der Waals surface area contributed by atoms with Gasteiger partial charge in [0, 0.05) is 25.7 Å². The highest BCUT2D eigenvalue weighted by atomic mass is 16.5. The maximum atomic E-state index is 11.8. The van der Waals surface area contributed by atoms with Crippen LogP contribution in [0, 0.1) is 0 Å². The van der Waals surface area contributed by atoms with E-state index in [1.54, 1.807) is 39.5 Å². The molecule has 24 heavy (non-hydrogen) atoms. The number of ether oxygens (including phenoxy) is 1. The number of carbonyl (C=O) groups excluding carboxylic acids is 1. The third-order valence-electron chi connectivity index (χ3n) is 3.64. The van der Waals surface area contributed by atoms with Gasteiger partial charge in [-0.2, -0.15) is 0 Å². The third kappa shape index (κ3) is 3.17. The lowest BCUT2D eigenvalue weighted by atomic mass is 10.2. The average Bonchev–Trinajstić information content (AvgIpc) is 3.02. The first-order valence-corrected chi connectivity index (χ1v) is 7.55. The lowest BCUT2D eigenvalue weighted by molar-refractivity contribution is 0.0827. The maximum absolute atomic E-state index is 11.8. The zero-order chi connectivity index (χ0) is 17.1. The molecule has 1 amide bonds. The predicted molar refractivity (Wildman–Crippen MR) is 92.3 cm³/mol. The van der Waals surface area contributed by atoms with Crippen LogP contribution in [0.4, 0.5) is 5.82 Å². The van der Waals surface area contributed by atoms with Crippen molar-refractivity contribution in [2.45, 2.75) is 6.54 Å². The summed E-state index contributed by atoms with van der Waals surface area (Å²) in [6.45, 7) is 0.492. The van der Waals surface area contributed by atoms with Crippen LogP contribution in [0.25, 0.3) is 11.0 Å². The van der Waals surface area contributed by atoms with Crippen molar-refractivity contribution in [1.82, 2.24) is 9.88 Å². The second kappa shape index (κ2) is 6.62.